The van der Waals surface area contributed by atoms with Gasteiger partial charge in [-0.25, -0.2) is 4.79 Å². The lowest BCUT2D eigenvalue weighted by molar-refractivity contribution is 0.159. The second kappa shape index (κ2) is 7.07. The Hall–Kier alpha value is -2.30. The van der Waals surface area contributed by atoms with Crippen LogP contribution in [0.2, 0.25) is 0 Å². The molecule has 1 saturated carbocycles. The fourth-order valence-electron chi connectivity index (χ4n) is 3.03. The van der Waals surface area contributed by atoms with Crippen LogP contribution in [0.5, 0.6) is 0 Å². The van der Waals surface area contributed by atoms with Gasteiger partial charge in [-0.2, -0.15) is 0 Å². The van der Waals surface area contributed by atoms with E-state index in [0.717, 1.165) is 24.3 Å². The van der Waals surface area contributed by atoms with E-state index < -0.39 is 0 Å². The largest absolute Gasteiger partial charge is 0.467 e. The molecule has 1 fully saturated rings. The molecule has 0 radical (unpaired) electrons. The summed E-state index contributed by atoms with van der Waals surface area (Å²) in [6.07, 6.45) is 5.52. The number of pyridine rings is 1. The molecule has 1 aliphatic carbocycles. The van der Waals surface area contributed by atoms with Crippen LogP contribution in [0.25, 0.3) is 0 Å². The molecular weight excluding hydrogens is 302 g/mol. The maximum atomic E-state index is 13.0. The molecule has 0 unspecified atom stereocenters. The maximum Gasteiger partial charge on any atom is 0.318 e. The molecule has 24 heavy (non-hydrogen) atoms. The van der Waals surface area contributed by atoms with Crippen LogP contribution in [-0.4, -0.2) is 22.0 Å². The second-order valence-electron chi connectivity index (χ2n) is 6.76. The van der Waals surface area contributed by atoms with Crippen LogP contribution in [0.1, 0.15) is 57.2 Å². The van der Waals surface area contributed by atoms with E-state index in [4.69, 9.17) is 4.42 Å². The van der Waals surface area contributed by atoms with Crippen LogP contribution in [0.4, 0.5) is 4.79 Å². The summed E-state index contributed by atoms with van der Waals surface area (Å²) in [4.78, 5) is 19.3. The van der Waals surface area contributed by atoms with Gasteiger partial charge < -0.3 is 14.6 Å². The van der Waals surface area contributed by atoms with Crippen molar-refractivity contribution in [1.82, 2.24) is 15.2 Å². The fourth-order valence-corrected chi connectivity index (χ4v) is 3.03. The predicted molar refractivity (Wildman–Crippen MR) is 92.3 cm³/mol. The smallest absolute Gasteiger partial charge is 0.318 e. The second-order valence-corrected chi connectivity index (χ2v) is 6.76. The highest BCUT2D eigenvalue weighted by molar-refractivity contribution is 5.76. The topological polar surface area (TPSA) is 58.4 Å². The highest BCUT2D eigenvalue weighted by atomic mass is 16.3. The molecule has 128 valence electrons. The minimum atomic E-state index is -0.108. The summed E-state index contributed by atoms with van der Waals surface area (Å²) < 4.78 is 5.51. The summed E-state index contributed by atoms with van der Waals surface area (Å²) in [7, 11) is 0. The van der Waals surface area contributed by atoms with Crippen LogP contribution in [0.15, 0.2) is 47.2 Å². The van der Waals surface area contributed by atoms with Crippen LogP contribution in [-0.2, 0) is 0 Å². The highest BCUT2D eigenvalue weighted by Crippen LogP contribution is 2.35. The Kier molecular flexibility index (Phi) is 4.88. The van der Waals surface area contributed by atoms with Crippen LogP contribution in [0.3, 0.4) is 0 Å². The van der Waals surface area contributed by atoms with Crippen molar-refractivity contribution >= 4 is 6.03 Å². The van der Waals surface area contributed by atoms with E-state index in [1.807, 2.05) is 42.2 Å². The predicted octanol–water partition coefficient (Wildman–Crippen LogP) is 4.31. The first-order chi connectivity index (χ1) is 11.6. The van der Waals surface area contributed by atoms with E-state index in [0.29, 0.717) is 6.04 Å². The lowest BCUT2D eigenvalue weighted by Crippen LogP contribution is -2.45. The Bertz CT molecular complexity index is 651. The molecule has 2 amide bonds. The van der Waals surface area contributed by atoms with E-state index >= 15 is 0 Å². The monoisotopic (exact) mass is 327 g/mol. The van der Waals surface area contributed by atoms with Gasteiger partial charge in [0.15, 0.2) is 0 Å². The van der Waals surface area contributed by atoms with Gasteiger partial charge in [-0.15, -0.1) is 0 Å². The number of hydrogen-bond donors (Lipinski definition) is 1. The van der Waals surface area contributed by atoms with Crippen molar-refractivity contribution in [1.29, 1.82) is 0 Å². The molecule has 1 aliphatic rings. The first-order valence-electron chi connectivity index (χ1n) is 8.61. The van der Waals surface area contributed by atoms with Gasteiger partial charge >= 0.3 is 6.03 Å². The lowest BCUT2D eigenvalue weighted by atomic mass is 10.0. The van der Waals surface area contributed by atoms with Crippen LogP contribution in [0, 0.1) is 5.92 Å². The molecule has 0 saturated heterocycles. The van der Waals surface area contributed by atoms with Crippen molar-refractivity contribution in [3.63, 3.8) is 0 Å². The Labute approximate surface area is 143 Å². The van der Waals surface area contributed by atoms with Gasteiger partial charge in [0, 0.05) is 12.2 Å². The standard InChI is InChI=1S/C19H25N3O2/c1-13(2)18(16-7-4-5-11-20-16)21-19(23)22(15-9-10-15)14(3)17-8-6-12-24-17/h4-8,11-15,18H,9-10H2,1-3H3,(H,21,23)/t14-,18-/m0/s1. The van der Waals surface area contributed by atoms with Crippen LogP contribution < -0.4 is 5.32 Å². The Morgan fingerprint density at radius 2 is 2.04 bits per heavy atom. The van der Waals surface area contributed by atoms with E-state index in [1.54, 1.807) is 12.5 Å². The Balaban J connectivity index is 1.77. The molecule has 2 aromatic rings. The summed E-state index contributed by atoms with van der Waals surface area (Å²) in [6, 6.07) is 9.64. The zero-order valence-electron chi connectivity index (χ0n) is 14.5. The molecule has 5 nitrogen and oxygen atoms in total. The quantitative estimate of drug-likeness (QED) is 0.860. The first kappa shape index (κ1) is 16.6. The Morgan fingerprint density at radius 3 is 2.58 bits per heavy atom. The molecule has 3 rings (SSSR count). The van der Waals surface area contributed by atoms with Gasteiger partial charge in [0.2, 0.25) is 0 Å². The maximum absolute atomic E-state index is 13.0. The molecule has 0 aromatic carbocycles. The molecule has 0 aliphatic heterocycles. The van der Waals surface area contributed by atoms with Crippen molar-refractivity contribution in [2.45, 2.75) is 51.7 Å². The SMILES string of the molecule is CC(C)[C@H](NC(=O)N(C1CC1)[C@@H](C)c1ccco1)c1ccccn1. The van der Waals surface area contributed by atoms with Crippen molar-refractivity contribution < 1.29 is 9.21 Å². The molecule has 2 aromatic heterocycles. The van der Waals surface area contributed by atoms with E-state index in [2.05, 4.69) is 24.1 Å². The average molecular weight is 327 g/mol. The van der Waals surface area contributed by atoms with Crippen molar-refractivity contribution in [2.24, 2.45) is 5.92 Å². The highest BCUT2D eigenvalue weighted by Gasteiger charge is 2.38. The number of hydrogen-bond acceptors (Lipinski definition) is 3. The molecule has 0 bridgehead atoms. The van der Waals surface area contributed by atoms with Gasteiger partial charge in [-0.1, -0.05) is 19.9 Å². The number of amides is 2. The molecule has 2 atom stereocenters. The summed E-state index contributed by atoms with van der Waals surface area (Å²) in [5.74, 6) is 1.07. The van der Waals surface area contributed by atoms with E-state index in [9.17, 15) is 4.79 Å². The number of furan rings is 1. The third kappa shape index (κ3) is 3.61. The number of rotatable bonds is 6. The van der Waals surface area contributed by atoms with Gasteiger partial charge in [0.1, 0.15) is 5.76 Å². The number of nitrogens with one attached hydrogen (secondary N) is 1. The number of aromatic nitrogens is 1. The number of nitrogens with zero attached hydrogens (tertiary/aromatic N) is 2. The molecule has 1 N–H and O–H groups in total. The van der Waals surface area contributed by atoms with Crippen molar-refractivity contribution in [3.05, 3.63) is 54.2 Å². The molecule has 2 heterocycles. The number of carbonyl (C=O) groups excluding carboxylic acids is 1. The van der Waals surface area contributed by atoms with E-state index in [-0.39, 0.29) is 24.0 Å². The first-order valence-corrected chi connectivity index (χ1v) is 8.61. The third-order valence-electron chi connectivity index (χ3n) is 4.50. The normalized spacial score (nSPS) is 16.7. The minimum Gasteiger partial charge on any atom is -0.467 e. The van der Waals surface area contributed by atoms with Gasteiger partial charge in [-0.05, 0) is 49.9 Å². The number of carbonyl (C=O) groups is 1. The van der Waals surface area contributed by atoms with Crippen molar-refractivity contribution in [3.8, 4) is 0 Å². The summed E-state index contributed by atoms with van der Waals surface area (Å²) in [6.45, 7) is 6.20. The zero-order valence-corrected chi connectivity index (χ0v) is 14.5. The molecular formula is C19H25N3O2. The van der Waals surface area contributed by atoms with E-state index in [1.165, 1.54) is 0 Å². The average Bonchev–Trinajstić information content (AvgIpc) is 3.25. The number of urea groups is 1. The van der Waals surface area contributed by atoms with Gasteiger partial charge in [0.05, 0.1) is 24.0 Å². The third-order valence-corrected chi connectivity index (χ3v) is 4.50. The molecule has 0 spiro atoms. The van der Waals surface area contributed by atoms with Crippen LogP contribution >= 0.6 is 0 Å². The van der Waals surface area contributed by atoms with Gasteiger partial charge in [0.25, 0.3) is 0 Å². The fraction of sp³-hybridized carbons (Fsp3) is 0.474. The molecule has 5 heteroatoms. The Morgan fingerprint density at radius 1 is 1.25 bits per heavy atom. The minimum absolute atomic E-state index is 0.0502. The zero-order chi connectivity index (χ0) is 17.1. The summed E-state index contributed by atoms with van der Waals surface area (Å²) in [5.41, 5.74) is 0.891. The summed E-state index contributed by atoms with van der Waals surface area (Å²) in [5, 5.41) is 3.18. The summed E-state index contributed by atoms with van der Waals surface area (Å²) >= 11 is 0. The lowest BCUT2D eigenvalue weighted by Gasteiger charge is -2.31. The van der Waals surface area contributed by atoms with Gasteiger partial charge in [-0.3, -0.25) is 4.98 Å². The van der Waals surface area contributed by atoms with Crippen molar-refractivity contribution in [2.75, 3.05) is 0 Å².